The summed E-state index contributed by atoms with van der Waals surface area (Å²) in [6, 6.07) is 5.56. The van der Waals surface area contributed by atoms with Crippen molar-refractivity contribution in [2.24, 2.45) is 0 Å². The lowest BCUT2D eigenvalue weighted by Gasteiger charge is -2.19. The van der Waals surface area contributed by atoms with Crippen LogP contribution in [0.15, 0.2) is 29.6 Å². The van der Waals surface area contributed by atoms with Gasteiger partial charge in [-0.15, -0.1) is 11.3 Å². The molecule has 19 heavy (non-hydrogen) atoms. The van der Waals surface area contributed by atoms with Gasteiger partial charge in [-0.3, -0.25) is 0 Å². The van der Waals surface area contributed by atoms with Crippen LogP contribution in [0.5, 0.6) is 0 Å². The van der Waals surface area contributed by atoms with Gasteiger partial charge < -0.3 is 5.32 Å². The van der Waals surface area contributed by atoms with Crippen molar-refractivity contribution in [1.29, 1.82) is 0 Å². The lowest BCUT2D eigenvalue weighted by atomic mass is 10.0. The summed E-state index contributed by atoms with van der Waals surface area (Å²) in [5, 5.41) is 5.63. The Morgan fingerprint density at radius 1 is 1.32 bits per heavy atom. The number of hydrogen-bond acceptors (Lipinski definition) is 2. The summed E-state index contributed by atoms with van der Waals surface area (Å²) in [5.74, 6) is -1.66. The first kappa shape index (κ1) is 14.4. The average molecular weight is 302 g/mol. The summed E-state index contributed by atoms with van der Waals surface area (Å²) in [6.07, 6.45) is 0.899. The molecule has 5 heteroatoms. The van der Waals surface area contributed by atoms with E-state index in [2.05, 4.69) is 5.32 Å². The van der Waals surface area contributed by atoms with Gasteiger partial charge in [-0.1, -0.05) is 30.7 Å². The molecule has 1 aromatic heterocycles. The molecule has 2 rings (SSSR count). The second-order valence-corrected chi connectivity index (χ2v) is 5.52. The first-order valence-corrected chi connectivity index (χ1v) is 7.31. The van der Waals surface area contributed by atoms with Crippen LogP contribution >= 0.6 is 22.9 Å². The molecule has 102 valence electrons. The normalized spacial score (nSPS) is 12.6. The van der Waals surface area contributed by atoms with Gasteiger partial charge in [-0.05, 0) is 30.5 Å². The van der Waals surface area contributed by atoms with Gasteiger partial charge in [0.15, 0.2) is 11.6 Å². The summed E-state index contributed by atoms with van der Waals surface area (Å²) >= 11 is 7.54. The highest BCUT2D eigenvalue weighted by molar-refractivity contribution is 7.10. The Morgan fingerprint density at radius 2 is 2.11 bits per heavy atom. The number of benzene rings is 1. The van der Waals surface area contributed by atoms with Crippen LogP contribution in [0.25, 0.3) is 0 Å². The molecule has 0 saturated carbocycles. The van der Waals surface area contributed by atoms with Gasteiger partial charge in [0.1, 0.15) is 0 Å². The van der Waals surface area contributed by atoms with Crippen LogP contribution in [0.3, 0.4) is 0 Å². The van der Waals surface area contributed by atoms with Crippen LogP contribution in [-0.2, 0) is 0 Å². The monoisotopic (exact) mass is 301 g/mol. The van der Waals surface area contributed by atoms with Crippen molar-refractivity contribution in [2.75, 3.05) is 6.54 Å². The van der Waals surface area contributed by atoms with E-state index in [4.69, 9.17) is 11.6 Å². The molecule has 1 heterocycles. The molecule has 0 saturated heterocycles. The van der Waals surface area contributed by atoms with Crippen LogP contribution < -0.4 is 5.32 Å². The van der Waals surface area contributed by atoms with E-state index in [0.717, 1.165) is 17.4 Å². The molecule has 0 fully saturated rings. The van der Waals surface area contributed by atoms with E-state index in [9.17, 15) is 8.78 Å². The predicted octanol–water partition coefficient (Wildman–Crippen LogP) is 4.77. The fourth-order valence-electron chi connectivity index (χ4n) is 1.89. The van der Waals surface area contributed by atoms with E-state index in [1.165, 1.54) is 17.4 Å². The molecular weight excluding hydrogens is 288 g/mol. The molecule has 1 N–H and O–H groups in total. The minimum atomic E-state index is -0.839. The largest absolute Gasteiger partial charge is 0.305 e. The fraction of sp³-hybridized carbons (Fsp3) is 0.286. The van der Waals surface area contributed by atoms with Crippen molar-refractivity contribution in [3.05, 3.63) is 56.7 Å². The van der Waals surface area contributed by atoms with Gasteiger partial charge in [-0.2, -0.15) is 0 Å². The highest BCUT2D eigenvalue weighted by atomic mass is 35.5. The molecule has 1 nitrogen and oxygen atoms in total. The maximum Gasteiger partial charge on any atom is 0.163 e. The Kier molecular flexibility index (Phi) is 4.91. The smallest absolute Gasteiger partial charge is 0.163 e. The molecule has 0 aliphatic rings. The molecule has 0 spiro atoms. The van der Waals surface area contributed by atoms with E-state index in [1.807, 2.05) is 12.3 Å². The minimum Gasteiger partial charge on any atom is -0.305 e. The Bertz CT molecular complexity index is 556. The van der Waals surface area contributed by atoms with E-state index in [-0.39, 0.29) is 5.56 Å². The zero-order chi connectivity index (χ0) is 13.8. The Labute approximate surface area is 120 Å². The number of hydrogen-bond donors (Lipinski definition) is 1. The van der Waals surface area contributed by atoms with Gasteiger partial charge in [0.25, 0.3) is 0 Å². The third kappa shape index (κ3) is 3.14. The molecule has 0 radical (unpaired) electrons. The highest BCUT2D eigenvalue weighted by Crippen LogP contribution is 2.34. The zero-order valence-corrected chi connectivity index (χ0v) is 12.0. The van der Waals surface area contributed by atoms with Crippen LogP contribution in [0.2, 0.25) is 5.02 Å². The first-order valence-electron chi connectivity index (χ1n) is 6.05. The third-order valence-corrected chi connectivity index (χ3v) is 4.22. The molecule has 0 aliphatic carbocycles. The summed E-state index contributed by atoms with van der Waals surface area (Å²) in [6.45, 7) is 2.72. The second-order valence-electron chi connectivity index (χ2n) is 4.16. The maximum absolute atomic E-state index is 13.9. The molecule has 1 unspecified atom stereocenters. The van der Waals surface area contributed by atoms with Crippen LogP contribution in [0.1, 0.15) is 29.8 Å². The van der Waals surface area contributed by atoms with Crippen molar-refractivity contribution in [1.82, 2.24) is 5.32 Å². The van der Waals surface area contributed by atoms with E-state index in [0.29, 0.717) is 11.6 Å². The average Bonchev–Trinajstić information content (AvgIpc) is 2.81. The van der Waals surface area contributed by atoms with Crippen molar-refractivity contribution >= 4 is 22.9 Å². The van der Waals surface area contributed by atoms with Gasteiger partial charge in [0, 0.05) is 10.4 Å². The zero-order valence-electron chi connectivity index (χ0n) is 10.4. The predicted molar refractivity (Wildman–Crippen MR) is 75.8 cm³/mol. The van der Waals surface area contributed by atoms with Gasteiger partial charge >= 0.3 is 0 Å². The molecule has 2 aromatic rings. The topological polar surface area (TPSA) is 12.0 Å². The van der Waals surface area contributed by atoms with Gasteiger partial charge in [0.05, 0.1) is 11.1 Å². The molecule has 0 bridgehead atoms. The quantitative estimate of drug-likeness (QED) is 0.839. The van der Waals surface area contributed by atoms with E-state index < -0.39 is 17.7 Å². The lowest BCUT2D eigenvalue weighted by Crippen LogP contribution is -2.24. The lowest BCUT2D eigenvalue weighted by molar-refractivity contribution is 0.482. The van der Waals surface area contributed by atoms with Gasteiger partial charge in [-0.25, -0.2) is 8.78 Å². The molecule has 1 atom stereocenters. The summed E-state index contributed by atoms with van der Waals surface area (Å²) in [5.41, 5.74) is 0.290. The Balaban J connectivity index is 2.43. The molecule has 0 aliphatic heterocycles. The molecule has 1 aromatic carbocycles. The van der Waals surface area contributed by atoms with Crippen LogP contribution in [-0.4, -0.2) is 6.54 Å². The summed E-state index contributed by atoms with van der Waals surface area (Å²) in [4.78, 5) is 0.805. The van der Waals surface area contributed by atoms with Crippen molar-refractivity contribution < 1.29 is 8.78 Å². The second kappa shape index (κ2) is 6.46. The standard InChI is InChI=1S/C14H14ClF2NS/c1-2-7-18-13(14-10(15)6-8-19-14)9-4-3-5-11(16)12(9)17/h3-6,8,13,18H,2,7H2,1H3. The maximum atomic E-state index is 13.9. The first-order chi connectivity index (χ1) is 9.15. The third-order valence-electron chi connectivity index (χ3n) is 2.80. The highest BCUT2D eigenvalue weighted by Gasteiger charge is 2.22. The van der Waals surface area contributed by atoms with E-state index in [1.54, 1.807) is 12.1 Å². The Hall–Kier alpha value is -0.970. The molecule has 0 amide bonds. The minimum absolute atomic E-state index is 0.290. The van der Waals surface area contributed by atoms with Crippen LogP contribution in [0, 0.1) is 11.6 Å². The summed E-state index contributed by atoms with van der Waals surface area (Å²) < 4.78 is 27.3. The number of halogens is 3. The van der Waals surface area contributed by atoms with Crippen molar-refractivity contribution in [3.8, 4) is 0 Å². The number of nitrogens with one attached hydrogen (secondary N) is 1. The SMILES string of the molecule is CCCNC(c1cccc(F)c1F)c1sccc1Cl. The summed E-state index contributed by atoms with van der Waals surface area (Å²) in [7, 11) is 0. The van der Waals surface area contributed by atoms with Crippen molar-refractivity contribution in [3.63, 3.8) is 0 Å². The number of rotatable bonds is 5. The van der Waals surface area contributed by atoms with Crippen LogP contribution in [0.4, 0.5) is 8.78 Å². The van der Waals surface area contributed by atoms with E-state index >= 15 is 0 Å². The van der Waals surface area contributed by atoms with Crippen molar-refractivity contribution in [2.45, 2.75) is 19.4 Å². The Morgan fingerprint density at radius 3 is 2.74 bits per heavy atom. The van der Waals surface area contributed by atoms with Gasteiger partial charge in [0.2, 0.25) is 0 Å². The fourth-order valence-corrected chi connectivity index (χ4v) is 3.15. The molecular formula is C14H14ClF2NS. The number of thiophene rings is 1.